The number of nitrogens with one attached hydrogen (secondary N) is 2. The molecule has 2 N–H and O–H groups in total. The summed E-state index contributed by atoms with van der Waals surface area (Å²) in [5.74, 6) is -0.170. The van der Waals surface area contributed by atoms with Gasteiger partial charge in [-0.3, -0.25) is 19.7 Å². The van der Waals surface area contributed by atoms with Gasteiger partial charge in [-0.25, -0.2) is 0 Å². The van der Waals surface area contributed by atoms with E-state index in [0.29, 0.717) is 36.9 Å². The molecule has 0 saturated carbocycles. The molecule has 0 spiro atoms. The van der Waals surface area contributed by atoms with Crippen LogP contribution in [-0.2, 0) is 20.9 Å². The first kappa shape index (κ1) is 26.2. The van der Waals surface area contributed by atoms with Crippen molar-refractivity contribution in [3.63, 3.8) is 0 Å². The molecule has 0 aromatic heterocycles. The van der Waals surface area contributed by atoms with E-state index in [4.69, 9.17) is 21.7 Å². The normalized spacial score (nSPS) is 15.3. The van der Waals surface area contributed by atoms with Crippen LogP contribution in [0.4, 0.5) is 0 Å². The van der Waals surface area contributed by atoms with E-state index in [1.54, 1.807) is 29.2 Å². The lowest BCUT2D eigenvalue weighted by molar-refractivity contribution is -0.148. The average molecular weight is 498 g/mol. The molecule has 1 atom stereocenters. The zero-order valence-corrected chi connectivity index (χ0v) is 20.8. The molecule has 1 saturated heterocycles. The van der Waals surface area contributed by atoms with Crippen LogP contribution in [-0.4, -0.2) is 53.5 Å². The molecule has 0 aliphatic carbocycles. The van der Waals surface area contributed by atoms with Gasteiger partial charge in [0.15, 0.2) is 5.11 Å². The van der Waals surface area contributed by atoms with Crippen LogP contribution in [0.15, 0.2) is 54.6 Å². The molecule has 1 fully saturated rings. The van der Waals surface area contributed by atoms with Crippen molar-refractivity contribution in [1.82, 2.24) is 15.5 Å². The summed E-state index contributed by atoms with van der Waals surface area (Å²) >= 11 is 5.44. The second-order valence-electron chi connectivity index (χ2n) is 8.67. The first-order valence-corrected chi connectivity index (χ1v) is 12.1. The zero-order chi connectivity index (χ0) is 25.2. The highest BCUT2D eigenvalue weighted by Crippen LogP contribution is 2.16. The SMILES string of the molecule is CC(C)CCOc1cccc(C(=O)NC(=S)N2CCNC(=O)C2CC(=O)OCc2ccccc2)c1. The Balaban J connectivity index is 1.58. The van der Waals surface area contributed by atoms with Crippen molar-refractivity contribution in [1.29, 1.82) is 0 Å². The van der Waals surface area contributed by atoms with Crippen LogP contribution in [0, 0.1) is 5.92 Å². The number of benzene rings is 2. The number of hydrogen-bond acceptors (Lipinski definition) is 6. The number of thiocarbonyl (C=S) groups is 1. The van der Waals surface area contributed by atoms with Gasteiger partial charge in [0.25, 0.3) is 5.91 Å². The average Bonchev–Trinajstić information content (AvgIpc) is 2.84. The van der Waals surface area contributed by atoms with Gasteiger partial charge in [0, 0.05) is 18.7 Å². The Bertz CT molecular complexity index is 1040. The third-order valence-corrected chi connectivity index (χ3v) is 5.81. The number of carbonyl (C=O) groups excluding carboxylic acids is 3. The molecule has 0 radical (unpaired) electrons. The molecule has 8 nitrogen and oxygen atoms in total. The number of piperazine rings is 1. The summed E-state index contributed by atoms with van der Waals surface area (Å²) in [4.78, 5) is 39.3. The molecular weight excluding hydrogens is 466 g/mol. The molecule has 2 aromatic carbocycles. The zero-order valence-electron chi connectivity index (χ0n) is 20.0. The van der Waals surface area contributed by atoms with Crippen molar-refractivity contribution in [3.8, 4) is 5.75 Å². The van der Waals surface area contributed by atoms with Crippen LogP contribution >= 0.6 is 12.2 Å². The predicted molar refractivity (Wildman–Crippen MR) is 136 cm³/mol. The van der Waals surface area contributed by atoms with Crippen LogP contribution in [0.1, 0.15) is 42.6 Å². The molecule has 3 rings (SSSR count). The Morgan fingerprint density at radius 1 is 1.17 bits per heavy atom. The molecular formula is C26H31N3O5S. The molecule has 0 bridgehead atoms. The van der Waals surface area contributed by atoms with Gasteiger partial charge >= 0.3 is 5.97 Å². The Morgan fingerprint density at radius 2 is 1.94 bits per heavy atom. The van der Waals surface area contributed by atoms with Crippen LogP contribution in [0.2, 0.25) is 0 Å². The number of hydrogen-bond donors (Lipinski definition) is 2. The maximum Gasteiger partial charge on any atom is 0.308 e. The molecule has 35 heavy (non-hydrogen) atoms. The van der Waals surface area contributed by atoms with E-state index in [0.717, 1.165) is 12.0 Å². The Labute approximate surface area is 211 Å². The van der Waals surface area contributed by atoms with Crippen LogP contribution in [0.3, 0.4) is 0 Å². The fourth-order valence-corrected chi connectivity index (χ4v) is 3.81. The number of rotatable bonds is 9. The maximum absolute atomic E-state index is 12.8. The Morgan fingerprint density at radius 3 is 2.69 bits per heavy atom. The summed E-state index contributed by atoms with van der Waals surface area (Å²) in [6, 6.07) is 15.3. The van der Waals surface area contributed by atoms with Crippen molar-refractivity contribution in [2.75, 3.05) is 19.7 Å². The van der Waals surface area contributed by atoms with Crippen molar-refractivity contribution in [2.24, 2.45) is 5.92 Å². The molecule has 9 heteroatoms. The number of ether oxygens (including phenoxy) is 2. The highest BCUT2D eigenvalue weighted by atomic mass is 32.1. The number of nitrogens with zero attached hydrogens (tertiary/aromatic N) is 1. The summed E-state index contributed by atoms with van der Waals surface area (Å²) in [6.45, 7) is 5.62. The standard InChI is InChI=1S/C26H31N3O5S/c1-18(2)11-14-33-21-10-6-9-20(15-21)24(31)28-26(35)29-13-12-27-25(32)22(29)16-23(30)34-17-19-7-4-3-5-8-19/h3-10,15,18,22H,11-14,16-17H2,1-2H3,(H,27,32)(H,28,31,35). The van der Waals surface area contributed by atoms with Crippen molar-refractivity contribution < 1.29 is 23.9 Å². The van der Waals surface area contributed by atoms with Crippen LogP contribution in [0.25, 0.3) is 0 Å². The van der Waals surface area contributed by atoms with Crippen LogP contribution in [0.5, 0.6) is 5.75 Å². The highest BCUT2D eigenvalue weighted by Gasteiger charge is 2.34. The summed E-state index contributed by atoms with van der Waals surface area (Å²) in [5, 5.41) is 5.50. The topological polar surface area (TPSA) is 97.0 Å². The minimum atomic E-state index is -0.870. The summed E-state index contributed by atoms with van der Waals surface area (Å²) in [5.41, 5.74) is 1.23. The monoisotopic (exact) mass is 497 g/mol. The molecule has 1 aliphatic rings. The maximum atomic E-state index is 12.8. The highest BCUT2D eigenvalue weighted by molar-refractivity contribution is 7.80. The minimum Gasteiger partial charge on any atom is -0.494 e. The lowest BCUT2D eigenvalue weighted by atomic mass is 10.1. The van der Waals surface area contributed by atoms with Crippen molar-refractivity contribution >= 4 is 35.1 Å². The first-order valence-electron chi connectivity index (χ1n) is 11.7. The summed E-state index contributed by atoms with van der Waals surface area (Å²) in [6.07, 6.45) is 0.723. The van der Waals surface area contributed by atoms with E-state index in [1.807, 2.05) is 30.3 Å². The van der Waals surface area contributed by atoms with E-state index in [2.05, 4.69) is 24.5 Å². The molecule has 2 amide bonds. The molecule has 1 unspecified atom stereocenters. The van der Waals surface area contributed by atoms with E-state index in [9.17, 15) is 14.4 Å². The third kappa shape index (κ3) is 8.06. The second-order valence-corrected chi connectivity index (χ2v) is 9.06. The van der Waals surface area contributed by atoms with Gasteiger partial charge in [-0.2, -0.15) is 0 Å². The van der Waals surface area contributed by atoms with Gasteiger partial charge in [-0.15, -0.1) is 0 Å². The number of carbonyl (C=O) groups is 3. The molecule has 1 aliphatic heterocycles. The Kier molecular flexibility index (Phi) is 9.60. The van der Waals surface area contributed by atoms with Crippen molar-refractivity contribution in [3.05, 3.63) is 65.7 Å². The second kappa shape index (κ2) is 12.9. The first-order chi connectivity index (χ1) is 16.8. The van der Waals surface area contributed by atoms with Gasteiger partial charge in [0.1, 0.15) is 18.4 Å². The van der Waals surface area contributed by atoms with Gasteiger partial charge < -0.3 is 19.7 Å². The van der Waals surface area contributed by atoms with Crippen LogP contribution < -0.4 is 15.4 Å². The number of esters is 1. The molecule has 1 heterocycles. The fraction of sp³-hybridized carbons (Fsp3) is 0.385. The molecule has 2 aromatic rings. The Hall–Kier alpha value is -3.46. The number of amides is 2. The predicted octanol–water partition coefficient (Wildman–Crippen LogP) is 3.06. The minimum absolute atomic E-state index is 0.0804. The largest absolute Gasteiger partial charge is 0.494 e. The summed E-state index contributed by atoms with van der Waals surface area (Å²) < 4.78 is 11.1. The quantitative estimate of drug-likeness (QED) is 0.406. The lowest BCUT2D eigenvalue weighted by Crippen LogP contribution is -2.60. The van der Waals surface area contributed by atoms with Gasteiger partial charge in [0.2, 0.25) is 5.91 Å². The van der Waals surface area contributed by atoms with E-state index in [1.165, 1.54) is 0 Å². The van der Waals surface area contributed by atoms with Gasteiger partial charge in [-0.1, -0.05) is 50.2 Å². The van der Waals surface area contributed by atoms with Crippen molar-refractivity contribution in [2.45, 2.75) is 39.3 Å². The van der Waals surface area contributed by atoms with Gasteiger partial charge in [-0.05, 0) is 48.3 Å². The van der Waals surface area contributed by atoms with Gasteiger partial charge in [0.05, 0.1) is 13.0 Å². The van der Waals surface area contributed by atoms with E-state index >= 15 is 0 Å². The third-order valence-electron chi connectivity index (χ3n) is 5.47. The molecule has 186 valence electrons. The smallest absolute Gasteiger partial charge is 0.308 e. The fourth-order valence-electron chi connectivity index (χ4n) is 3.50. The summed E-state index contributed by atoms with van der Waals surface area (Å²) in [7, 11) is 0. The van der Waals surface area contributed by atoms with E-state index in [-0.39, 0.29) is 24.0 Å². The lowest BCUT2D eigenvalue weighted by Gasteiger charge is -2.36. The van der Waals surface area contributed by atoms with E-state index < -0.39 is 17.9 Å².